The lowest BCUT2D eigenvalue weighted by molar-refractivity contribution is -0.115. The quantitative estimate of drug-likeness (QED) is 0.442. The SMILES string of the molecule is Cc1nn(-c2nc(CC(=O)Nc3cccc(Cl)c3)cs2)c(C)c1Cc1ccccc1. The second-order valence-electron chi connectivity index (χ2n) is 7.08. The van der Waals surface area contributed by atoms with Crippen LogP contribution >= 0.6 is 22.9 Å². The first-order valence-corrected chi connectivity index (χ1v) is 10.8. The first kappa shape index (κ1) is 20.3. The molecule has 0 saturated heterocycles. The number of aromatic nitrogens is 3. The molecular formula is C23H21ClN4OS. The van der Waals surface area contributed by atoms with E-state index in [1.54, 1.807) is 24.3 Å². The molecule has 0 fully saturated rings. The van der Waals surface area contributed by atoms with Gasteiger partial charge in [-0.1, -0.05) is 48.0 Å². The third-order valence-electron chi connectivity index (χ3n) is 4.84. The van der Waals surface area contributed by atoms with Crippen LogP contribution in [-0.2, 0) is 17.6 Å². The highest BCUT2D eigenvalue weighted by molar-refractivity contribution is 7.12. The van der Waals surface area contributed by atoms with Crippen LogP contribution in [-0.4, -0.2) is 20.7 Å². The van der Waals surface area contributed by atoms with E-state index in [1.807, 2.05) is 35.2 Å². The Morgan fingerprint density at radius 3 is 2.70 bits per heavy atom. The van der Waals surface area contributed by atoms with Crippen LogP contribution in [0, 0.1) is 13.8 Å². The van der Waals surface area contributed by atoms with Gasteiger partial charge in [0.05, 0.1) is 17.8 Å². The van der Waals surface area contributed by atoms with Crippen molar-refractivity contribution in [2.45, 2.75) is 26.7 Å². The maximum absolute atomic E-state index is 12.4. The van der Waals surface area contributed by atoms with Crippen LogP contribution in [0.15, 0.2) is 60.0 Å². The Labute approximate surface area is 184 Å². The highest BCUT2D eigenvalue weighted by atomic mass is 35.5. The Morgan fingerprint density at radius 2 is 1.93 bits per heavy atom. The summed E-state index contributed by atoms with van der Waals surface area (Å²) in [6.07, 6.45) is 1.03. The number of benzene rings is 2. The number of thiazole rings is 1. The Morgan fingerprint density at radius 1 is 1.13 bits per heavy atom. The van der Waals surface area contributed by atoms with Crippen molar-refractivity contribution in [3.63, 3.8) is 0 Å². The zero-order chi connectivity index (χ0) is 21.1. The van der Waals surface area contributed by atoms with Crippen LogP contribution in [0.3, 0.4) is 0 Å². The van der Waals surface area contributed by atoms with Crippen molar-refractivity contribution >= 4 is 34.5 Å². The molecule has 0 saturated carbocycles. The molecular weight excluding hydrogens is 416 g/mol. The molecule has 152 valence electrons. The maximum atomic E-state index is 12.4. The van der Waals surface area contributed by atoms with Crippen LogP contribution in [0.4, 0.5) is 5.69 Å². The standard InChI is InChI=1S/C23H21ClN4OS/c1-15-21(11-17-7-4-3-5-8-17)16(2)28(27-15)23-26-20(14-30-23)13-22(29)25-19-10-6-9-18(24)12-19/h3-10,12,14H,11,13H2,1-2H3,(H,25,29). The summed E-state index contributed by atoms with van der Waals surface area (Å²) >= 11 is 7.45. The summed E-state index contributed by atoms with van der Waals surface area (Å²) in [7, 11) is 0. The van der Waals surface area contributed by atoms with Crippen molar-refractivity contribution < 1.29 is 4.79 Å². The first-order chi connectivity index (χ1) is 14.5. The molecule has 0 spiro atoms. The van der Waals surface area contributed by atoms with Gasteiger partial charge in [0, 0.05) is 33.8 Å². The van der Waals surface area contributed by atoms with Gasteiger partial charge in [0.15, 0.2) is 0 Å². The van der Waals surface area contributed by atoms with E-state index in [4.69, 9.17) is 16.7 Å². The van der Waals surface area contributed by atoms with Crippen molar-refractivity contribution in [2.24, 2.45) is 0 Å². The number of anilines is 1. The van der Waals surface area contributed by atoms with Gasteiger partial charge in [0.25, 0.3) is 0 Å². The number of hydrogen-bond donors (Lipinski definition) is 1. The summed E-state index contributed by atoms with van der Waals surface area (Å²) < 4.78 is 1.87. The molecule has 0 unspecified atom stereocenters. The van der Waals surface area contributed by atoms with Crippen molar-refractivity contribution in [2.75, 3.05) is 5.32 Å². The Balaban J connectivity index is 1.48. The fourth-order valence-corrected chi connectivity index (χ4v) is 4.34. The Kier molecular flexibility index (Phi) is 5.97. The molecule has 2 aromatic carbocycles. The molecule has 5 nitrogen and oxygen atoms in total. The minimum atomic E-state index is -0.132. The number of nitrogens with one attached hydrogen (secondary N) is 1. The molecule has 0 aliphatic heterocycles. The van der Waals surface area contributed by atoms with E-state index in [-0.39, 0.29) is 12.3 Å². The summed E-state index contributed by atoms with van der Waals surface area (Å²) in [6.45, 7) is 4.08. The molecule has 0 atom stereocenters. The molecule has 0 aliphatic rings. The largest absolute Gasteiger partial charge is 0.326 e. The molecule has 2 heterocycles. The van der Waals surface area contributed by atoms with Gasteiger partial charge in [0.1, 0.15) is 0 Å². The molecule has 0 aliphatic carbocycles. The molecule has 7 heteroatoms. The average molecular weight is 437 g/mol. The molecule has 4 aromatic rings. The minimum Gasteiger partial charge on any atom is -0.326 e. The van der Waals surface area contributed by atoms with Gasteiger partial charge < -0.3 is 5.32 Å². The van der Waals surface area contributed by atoms with Gasteiger partial charge in [-0.15, -0.1) is 11.3 Å². The minimum absolute atomic E-state index is 0.132. The second-order valence-corrected chi connectivity index (χ2v) is 8.35. The van der Waals surface area contributed by atoms with Gasteiger partial charge in [-0.2, -0.15) is 5.10 Å². The van der Waals surface area contributed by atoms with E-state index in [9.17, 15) is 4.79 Å². The van der Waals surface area contributed by atoms with Crippen LogP contribution in [0.25, 0.3) is 5.13 Å². The van der Waals surface area contributed by atoms with E-state index in [1.165, 1.54) is 22.5 Å². The molecule has 0 radical (unpaired) electrons. The predicted octanol–water partition coefficient (Wildman–Crippen LogP) is 5.37. The van der Waals surface area contributed by atoms with Crippen LogP contribution in [0.5, 0.6) is 0 Å². The third-order valence-corrected chi connectivity index (χ3v) is 5.94. The van der Waals surface area contributed by atoms with Crippen molar-refractivity contribution in [1.29, 1.82) is 0 Å². The Hall–Kier alpha value is -2.96. The maximum Gasteiger partial charge on any atom is 0.230 e. The topological polar surface area (TPSA) is 59.8 Å². The van der Waals surface area contributed by atoms with Crippen LogP contribution < -0.4 is 5.32 Å². The molecule has 4 rings (SSSR count). The molecule has 0 bridgehead atoms. The highest BCUT2D eigenvalue weighted by Crippen LogP contribution is 2.23. The van der Waals surface area contributed by atoms with E-state index in [0.717, 1.165) is 22.9 Å². The molecule has 1 amide bonds. The van der Waals surface area contributed by atoms with E-state index in [2.05, 4.69) is 29.4 Å². The average Bonchev–Trinajstić information content (AvgIpc) is 3.28. The molecule has 30 heavy (non-hydrogen) atoms. The van der Waals surface area contributed by atoms with E-state index >= 15 is 0 Å². The number of amides is 1. The normalized spacial score (nSPS) is 10.9. The van der Waals surface area contributed by atoms with Gasteiger partial charge in [0.2, 0.25) is 11.0 Å². The summed E-state index contributed by atoms with van der Waals surface area (Å²) in [5, 5.41) is 10.8. The summed E-state index contributed by atoms with van der Waals surface area (Å²) in [4.78, 5) is 17.0. The zero-order valence-corrected chi connectivity index (χ0v) is 18.3. The molecule has 2 aromatic heterocycles. The van der Waals surface area contributed by atoms with E-state index in [0.29, 0.717) is 16.4 Å². The fourth-order valence-electron chi connectivity index (χ4n) is 3.33. The van der Waals surface area contributed by atoms with Gasteiger partial charge >= 0.3 is 0 Å². The third kappa shape index (κ3) is 4.61. The number of aryl methyl sites for hydroxylation is 1. The number of nitrogens with zero attached hydrogens (tertiary/aromatic N) is 3. The van der Waals surface area contributed by atoms with Gasteiger partial charge in [-0.05, 0) is 37.6 Å². The van der Waals surface area contributed by atoms with Crippen LogP contribution in [0.2, 0.25) is 5.02 Å². The summed E-state index contributed by atoms with van der Waals surface area (Å²) in [6, 6.07) is 17.5. The fraction of sp³-hybridized carbons (Fsp3) is 0.174. The number of hydrogen-bond acceptors (Lipinski definition) is 4. The van der Waals surface area contributed by atoms with Crippen LogP contribution in [0.1, 0.15) is 28.2 Å². The summed E-state index contributed by atoms with van der Waals surface area (Å²) in [5.74, 6) is -0.132. The zero-order valence-electron chi connectivity index (χ0n) is 16.7. The lowest BCUT2D eigenvalue weighted by atomic mass is 10.0. The lowest BCUT2D eigenvalue weighted by Gasteiger charge is -2.04. The van der Waals surface area contributed by atoms with Crippen molar-refractivity contribution in [3.8, 4) is 5.13 Å². The molecule has 1 N–H and O–H groups in total. The van der Waals surface area contributed by atoms with Gasteiger partial charge in [-0.3, -0.25) is 4.79 Å². The smallest absolute Gasteiger partial charge is 0.230 e. The Bertz CT molecular complexity index is 1180. The monoisotopic (exact) mass is 436 g/mol. The summed E-state index contributed by atoms with van der Waals surface area (Å²) in [5.41, 5.74) is 5.91. The second kappa shape index (κ2) is 8.81. The first-order valence-electron chi connectivity index (χ1n) is 9.59. The number of carbonyl (C=O) groups excluding carboxylic acids is 1. The van der Waals surface area contributed by atoms with Gasteiger partial charge in [-0.25, -0.2) is 9.67 Å². The van der Waals surface area contributed by atoms with E-state index < -0.39 is 0 Å². The predicted molar refractivity (Wildman–Crippen MR) is 122 cm³/mol. The van der Waals surface area contributed by atoms with Crippen molar-refractivity contribution in [1.82, 2.24) is 14.8 Å². The lowest BCUT2D eigenvalue weighted by Crippen LogP contribution is -2.14. The van der Waals surface area contributed by atoms with Crippen molar-refractivity contribution in [3.05, 3.63) is 93.2 Å². The highest BCUT2D eigenvalue weighted by Gasteiger charge is 2.16. The number of halogens is 1. The number of carbonyl (C=O) groups is 1. The number of rotatable bonds is 6.